The van der Waals surface area contributed by atoms with Gasteiger partial charge >= 0.3 is 0 Å². The van der Waals surface area contributed by atoms with E-state index in [1.54, 1.807) is 0 Å². The summed E-state index contributed by atoms with van der Waals surface area (Å²) in [4.78, 5) is 0. The second-order valence-corrected chi connectivity index (χ2v) is 5.89. The van der Waals surface area contributed by atoms with E-state index in [4.69, 9.17) is 10.5 Å². The number of nitrogens with two attached hydrogens (primary N) is 1. The Morgan fingerprint density at radius 2 is 2.12 bits per heavy atom. The Balaban J connectivity index is 2.27. The van der Waals surface area contributed by atoms with Gasteiger partial charge in [0, 0.05) is 0 Å². The van der Waals surface area contributed by atoms with Gasteiger partial charge in [-0.25, -0.2) is 0 Å². The van der Waals surface area contributed by atoms with Crippen molar-refractivity contribution in [2.45, 2.75) is 39.8 Å². The zero-order valence-electron chi connectivity index (χ0n) is 10.4. The van der Waals surface area contributed by atoms with Crippen LogP contribution < -0.4 is 5.73 Å². The van der Waals surface area contributed by atoms with E-state index in [1.807, 2.05) is 0 Å². The van der Waals surface area contributed by atoms with Crippen molar-refractivity contribution in [1.29, 1.82) is 0 Å². The Kier molecular flexibility index (Phi) is 3.04. The highest BCUT2D eigenvalue weighted by atomic mass is 16.5. The van der Waals surface area contributed by atoms with Crippen molar-refractivity contribution in [3.63, 3.8) is 0 Å². The van der Waals surface area contributed by atoms with Crippen LogP contribution in [0.2, 0.25) is 0 Å². The van der Waals surface area contributed by atoms with Crippen LogP contribution in [0.3, 0.4) is 0 Å². The second kappa shape index (κ2) is 4.19. The van der Waals surface area contributed by atoms with E-state index < -0.39 is 0 Å². The van der Waals surface area contributed by atoms with Crippen molar-refractivity contribution < 1.29 is 4.74 Å². The molecule has 0 radical (unpaired) electrons. The molecule has 0 aromatic heterocycles. The smallest absolute Gasteiger partial charge is 0.0721 e. The van der Waals surface area contributed by atoms with E-state index in [2.05, 4.69) is 39.0 Å². The summed E-state index contributed by atoms with van der Waals surface area (Å²) in [5, 5.41) is 0. The molecule has 1 aliphatic rings. The van der Waals surface area contributed by atoms with Crippen molar-refractivity contribution in [3.05, 3.63) is 34.9 Å². The fraction of sp³-hybridized carbons (Fsp3) is 0.571. The average molecular weight is 219 g/mol. The third-order valence-corrected chi connectivity index (χ3v) is 2.90. The summed E-state index contributed by atoms with van der Waals surface area (Å²) in [7, 11) is 0. The van der Waals surface area contributed by atoms with Crippen molar-refractivity contribution >= 4 is 0 Å². The summed E-state index contributed by atoms with van der Waals surface area (Å²) in [5.41, 5.74) is 10.3. The topological polar surface area (TPSA) is 35.2 Å². The summed E-state index contributed by atoms with van der Waals surface area (Å²) in [6.45, 7) is 8.13. The molecule has 0 amide bonds. The predicted octanol–water partition coefficient (Wildman–Crippen LogP) is 2.81. The first-order valence-electron chi connectivity index (χ1n) is 5.91. The monoisotopic (exact) mass is 219 g/mol. The largest absolute Gasteiger partial charge is 0.375 e. The molecule has 16 heavy (non-hydrogen) atoms. The molecule has 1 atom stereocenters. The fourth-order valence-corrected chi connectivity index (χ4v) is 2.23. The van der Waals surface area contributed by atoms with Crippen molar-refractivity contribution in [2.24, 2.45) is 11.1 Å². The molecule has 1 aromatic rings. The predicted molar refractivity (Wildman–Crippen MR) is 66.2 cm³/mol. The maximum atomic E-state index is 6.05. The maximum absolute atomic E-state index is 6.05. The number of benzene rings is 1. The lowest BCUT2D eigenvalue weighted by atomic mass is 9.86. The van der Waals surface area contributed by atoms with Gasteiger partial charge in [-0.1, -0.05) is 39.0 Å². The van der Waals surface area contributed by atoms with Crippen LogP contribution in [-0.4, -0.2) is 6.61 Å². The first-order chi connectivity index (χ1) is 7.46. The van der Waals surface area contributed by atoms with Crippen LogP contribution in [0.5, 0.6) is 0 Å². The van der Waals surface area contributed by atoms with Crippen LogP contribution in [0.1, 0.15) is 43.5 Å². The lowest BCUT2D eigenvalue weighted by Crippen LogP contribution is -2.24. The van der Waals surface area contributed by atoms with E-state index in [9.17, 15) is 0 Å². The van der Waals surface area contributed by atoms with Crippen molar-refractivity contribution in [3.8, 4) is 0 Å². The van der Waals surface area contributed by atoms with Gasteiger partial charge in [-0.2, -0.15) is 0 Å². The first kappa shape index (κ1) is 11.6. The van der Waals surface area contributed by atoms with Gasteiger partial charge < -0.3 is 10.5 Å². The molecule has 1 heterocycles. The Morgan fingerprint density at radius 3 is 2.81 bits per heavy atom. The molecular weight excluding hydrogens is 198 g/mol. The maximum Gasteiger partial charge on any atom is 0.0721 e. The molecule has 0 unspecified atom stereocenters. The molecule has 0 spiro atoms. The van der Waals surface area contributed by atoms with Crippen LogP contribution >= 0.6 is 0 Å². The van der Waals surface area contributed by atoms with Crippen LogP contribution in [0.15, 0.2) is 18.2 Å². The van der Waals surface area contributed by atoms with Crippen LogP contribution in [0.4, 0.5) is 0 Å². The van der Waals surface area contributed by atoms with Gasteiger partial charge in [0.25, 0.3) is 0 Å². The molecular formula is C14H21NO. The third-order valence-electron chi connectivity index (χ3n) is 2.90. The molecule has 0 saturated heterocycles. The van der Waals surface area contributed by atoms with Crippen LogP contribution in [0, 0.1) is 5.41 Å². The molecule has 1 aromatic carbocycles. The number of hydrogen-bond acceptors (Lipinski definition) is 2. The normalized spacial score (nSPS) is 20.6. The Hall–Kier alpha value is -0.860. The summed E-state index contributed by atoms with van der Waals surface area (Å²) in [6.07, 6.45) is 1.09. The second-order valence-electron chi connectivity index (χ2n) is 5.89. The summed E-state index contributed by atoms with van der Waals surface area (Å²) < 4.78 is 5.42. The van der Waals surface area contributed by atoms with Gasteiger partial charge in [-0.3, -0.25) is 0 Å². The molecule has 0 aliphatic carbocycles. The van der Waals surface area contributed by atoms with Crippen LogP contribution in [-0.2, 0) is 17.8 Å². The minimum atomic E-state index is 0.0451. The van der Waals surface area contributed by atoms with Gasteiger partial charge in [-0.15, -0.1) is 0 Å². The minimum Gasteiger partial charge on any atom is -0.375 e. The summed E-state index contributed by atoms with van der Waals surface area (Å²) in [5.74, 6) is 0. The molecule has 88 valence electrons. The molecule has 0 bridgehead atoms. The number of ether oxygens (including phenoxy) is 1. The van der Waals surface area contributed by atoms with Crippen molar-refractivity contribution in [2.75, 3.05) is 6.61 Å². The fourth-order valence-electron chi connectivity index (χ4n) is 2.23. The van der Waals surface area contributed by atoms with Gasteiger partial charge in [0.15, 0.2) is 0 Å². The highest BCUT2D eigenvalue weighted by molar-refractivity contribution is 5.35. The zero-order chi connectivity index (χ0) is 11.8. The van der Waals surface area contributed by atoms with E-state index in [1.165, 1.54) is 16.7 Å². The number of hydrogen-bond donors (Lipinski definition) is 1. The average Bonchev–Trinajstić information content (AvgIpc) is 2.17. The first-order valence-corrected chi connectivity index (χ1v) is 5.91. The summed E-state index contributed by atoms with van der Waals surface area (Å²) >= 11 is 0. The minimum absolute atomic E-state index is 0.0451. The SMILES string of the molecule is CC(C)(C)Cc1ccc2c(c1)[C@@H](N)COC2. The molecule has 2 N–H and O–H groups in total. The van der Waals surface area contributed by atoms with E-state index in [0.717, 1.165) is 6.42 Å². The Bertz CT molecular complexity index is 379. The standard InChI is InChI=1S/C14H21NO/c1-14(2,3)7-10-4-5-11-8-16-9-13(15)12(11)6-10/h4-6,13H,7-9,15H2,1-3H3/t13-/m0/s1. The third kappa shape index (κ3) is 2.63. The highest BCUT2D eigenvalue weighted by Gasteiger charge is 2.19. The highest BCUT2D eigenvalue weighted by Crippen LogP contribution is 2.27. The summed E-state index contributed by atoms with van der Waals surface area (Å²) in [6, 6.07) is 6.66. The van der Waals surface area contributed by atoms with Gasteiger partial charge in [0.1, 0.15) is 0 Å². The Morgan fingerprint density at radius 1 is 1.38 bits per heavy atom. The number of fused-ring (bicyclic) bond motifs is 1. The molecule has 0 fully saturated rings. The lowest BCUT2D eigenvalue weighted by Gasteiger charge is -2.25. The quantitative estimate of drug-likeness (QED) is 0.788. The van der Waals surface area contributed by atoms with Gasteiger partial charge in [0.05, 0.1) is 19.3 Å². The lowest BCUT2D eigenvalue weighted by molar-refractivity contribution is 0.0923. The van der Waals surface area contributed by atoms with Crippen molar-refractivity contribution in [1.82, 2.24) is 0 Å². The molecule has 2 rings (SSSR count). The molecule has 2 heteroatoms. The van der Waals surface area contributed by atoms with Gasteiger partial charge in [0.2, 0.25) is 0 Å². The molecule has 0 saturated carbocycles. The van der Waals surface area contributed by atoms with E-state index in [-0.39, 0.29) is 6.04 Å². The zero-order valence-corrected chi connectivity index (χ0v) is 10.4. The van der Waals surface area contributed by atoms with Gasteiger partial charge in [-0.05, 0) is 28.5 Å². The molecule has 1 aliphatic heterocycles. The van der Waals surface area contributed by atoms with Crippen LogP contribution in [0.25, 0.3) is 0 Å². The Labute approximate surface area is 97.8 Å². The number of rotatable bonds is 1. The van der Waals surface area contributed by atoms with E-state index in [0.29, 0.717) is 18.6 Å². The molecule has 2 nitrogen and oxygen atoms in total. The van der Waals surface area contributed by atoms with E-state index >= 15 is 0 Å².